The van der Waals surface area contributed by atoms with Gasteiger partial charge in [-0.1, -0.05) is 43.2 Å². The van der Waals surface area contributed by atoms with Crippen molar-refractivity contribution >= 4 is 0 Å². The van der Waals surface area contributed by atoms with E-state index in [4.69, 9.17) is 0 Å². The highest BCUT2D eigenvalue weighted by Gasteiger charge is 2.44. The molecule has 0 amide bonds. The first-order valence-electron chi connectivity index (χ1n) is 6.75. The van der Waals surface area contributed by atoms with Crippen LogP contribution in [0.25, 0.3) is 0 Å². The van der Waals surface area contributed by atoms with Crippen LogP contribution >= 0.6 is 0 Å². The quantitative estimate of drug-likeness (QED) is 0.916. The largest absolute Gasteiger partial charge is 0.401 e. The maximum Gasteiger partial charge on any atom is 0.401 e. The van der Waals surface area contributed by atoms with Crippen LogP contribution in [0.1, 0.15) is 37.2 Å². The molecule has 2 nitrogen and oxygen atoms in total. The number of hydrogen-bond donors (Lipinski definition) is 1. The minimum absolute atomic E-state index is 0.190. The van der Waals surface area contributed by atoms with Crippen LogP contribution in [0, 0.1) is 11.3 Å². The highest BCUT2D eigenvalue weighted by atomic mass is 19.4. The van der Waals surface area contributed by atoms with Gasteiger partial charge in [0.15, 0.2) is 0 Å². The highest BCUT2D eigenvalue weighted by molar-refractivity contribution is 5.30. The molecule has 1 saturated carbocycles. The molecule has 5 heteroatoms. The first-order chi connectivity index (χ1) is 9.47. The molecule has 0 saturated heterocycles. The maximum absolute atomic E-state index is 12.5. The minimum Gasteiger partial charge on any atom is -0.290 e. The monoisotopic (exact) mass is 282 g/mol. The SMILES string of the molecule is N#CC1(NCC(F)(F)F)CCCCC1c1ccccc1. The lowest BCUT2D eigenvalue weighted by Gasteiger charge is -2.40. The average molecular weight is 282 g/mol. The minimum atomic E-state index is -4.30. The number of nitriles is 1. The van der Waals surface area contributed by atoms with Crippen molar-refractivity contribution in [1.29, 1.82) is 5.26 Å². The highest BCUT2D eigenvalue weighted by Crippen LogP contribution is 2.41. The predicted molar refractivity (Wildman–Crippen MR) is 70.1 cm³/mol. The molecule has 1 aliphatic carbocycles. The zero-order chi connectivity index (χ0) is 14.6. The Hall–Kier alpha value is -1.54. The lowest BCUT2D eigenvalue weighted by atomic mass is 9.70. The molecule has 20 heavy (non-hydrogen) atoms. The van der Waals surface area contributed by atoms with Crippen molar-refractivity contribution < 1.29 is 13.2 Å². The van der Waals surface area contributed by atoms with E-state index in [1.165, 1.54) is 0 Å². The lowest BCUT2D eigenvalue weighted by Crippen LogP contribution is -2.53. The fourth-order valence-corrected chi connectivity index (χ4v) is 2.95. The second kappa shape index (κ2) is 5.84. The van der Waals surface area contributed by atoms with E-state index < -0.39 is 18.3 Å². The van der Waals surface area contributed by atoms with Gasteiger partial charge >= 0.3 is 6.18 Å². The number of alkyl halides is 3. The van der Waals surface area contributed by atoms with E-state index in [2.05, 4.69) is 11.4 Å². The van der Waals surface area contributed by atoms with Crippen LogP contribution in [0.5, 0.6) is 0 Å². The van der Waals surface area contributed by atoms with Gasteiger partial charge in [0.1, 0.15) is 5.54 Å². The molecule has 1 aromatic carbocycles. The number of hydrogen-bond acceptors (Lipinski definition) is 2. The van der Waals surface area contributed by atoms with E-state index >= 15 is 0 Å². The molecule has 0 aliphatic heterocycles. The number of benzene rings is 1. The fraction of sp³-hybridized carbons (Fsp3) is 0.533. The van der Waals surface area contributed by atoms with Crippen molar-refractivity contribution in [2.24, 2.45) is 0 Å². The van der Waals surface area contributed by atoms with E-state index in [-0.39, 0.29) is 5.92 Å². The van der Waals surface area contributed by atoms with Crippen molar-refractivity contribution in [1.82, 2.24) is 5.32 Å². The number of nitrogens with zero attached hydrogens (tertiary/aromatic N) is 1. The molecule has 0 spiro atoms. The van der Waals surface area contributed by atoms with Gasteiger partial charge in [0.2, 0.25) is 0 Å². The van der Waals surface area contributed by atoms with Crippen molar-refractivity contribution in [3.05, 3.63) is 35.9 Å². The number of nitrogens with one attached hydrogen (secondary N) is 1. The summed E-state index contributed by atoms with van der Waals surface area (Å²) in [6.07, 6.45) is -1.39. The molecular weight excluding hydrogens is 265 g/mol. The Balaban J connectivity index is 2.25. The molecule has 2 atom stereocenters. The van der Waals surface area contributed by atoms with Crippen molar-refractivity contribution in [2.75, 3.05) is 6.54 Å². The van der Waals surface area contributed by atoms with E-state index in [0.29, 0.717) is 6.42 Å². The molecule has 2 unspecified atom stereocenters. The van der Waals surface area contributed by atoms with Crippen LogP contribution in [0.3, 0.4) is 0 Å². The molecule has 2 rings (SSSR count). The summed E-state index contributed by atoms with van der Waals surface area (Å²) in [5.41, 5.74) is -0.182. The van der Waals surface area contributed by atoms with Crippen LogP contribution in [0.2, 0.25) is 0 Å². The Labute approximate surface area is 116 Å². The van der Waals surface area contributed by atoms with Crippen LogP contribution in [-0.4, -0.2) is 18.3 Å². The molecule has 0 radical (unpaired) electrons. The molecule has 0 heterocycles. The smallest absolute Gasteiger partial charge is 0.290 e. The summed E-state index contributed by atoms with van der Waals surface area (Å²) in [5.74, 6) is -0.190. The molecule has 0 aromatic heterocycles. The Morgan fingerprint density at radius 3 is 2.55 bits per heavy atom. The van der Waals surface area contributed by atoms with E-state index in [0.717, 1.165) is 24.8 Å². The third kappa shape index (κ3) is 3.31. The first kappa shape index (κ1) is 14.9. The van der Waals surface area contributed by atoms with E-state index in [1.807, 2.05) is 30.3 Å². The summed E-state index contributed by atoms with van der Waals surface area (Å²) in [6, 6.07) is 11.5. The Kier molecular flexibility index (Phi) is 4.34. The van der Waals surface area contributed by atoms with Crippen molar-refractivity contribution in [2.45, 2.75) is 43.3 Å². The molecular formula is C15H17F3N2. The van der Waals surface area contributed by atoms with Gasteiger partial charge < -0.3 is 0 Å². The summed E-state index contributed by atoms with van der Waals surface area (Å²) >= 11 is 0. The Morgan fingerprint density at radius 2 is 1.95 bits per heavy atom. The predicted octanol–water partition coefficient (Wildman–Crippen LogP) is 3.76. The number of halogens is 3. The lowest BCUT2D eigenvalue weighted by molar-refractivity contribution is -0.128. The number of rotatable bonds is 3. The topological polar surface area (TPSA) is 35.8 Å². The zero-order valence-corrected chi connectivity index (χ0v) is 11.1. The van der Waals surface area contributed by atoms with Crippen LogP contribution < -0.4 is 5.32 Å². The zero-order valence-electron chi connectivity index (χ0n) is 11.1. The van der Waals surface area contributed by atoms with Gasteiger partial charge in [-0.15, -0.1) is 0 Å². The van der Waals surface area contributed by atoms with E-state index in [1.54, 1.807) is 0 Å². The van der Waals surface area contributed by atoms with Gasteiger partial charge in [-0.05, 0) is 18.4 Å². The first-order valence-corrected chi connectivity index (χ1v) is 6.75. The molecule has 0 bridgehead atoms. The van der Waals surface area contributed by atoms with Crippen LogP contribution in [0.15, 0.2) is 30.3 Å². The molecule has 108 valence electrons. The van der Waals surface area contributed by atoms with E-state index in [9.17, 15) is 18.4 Å². The van der Waals surface area contributed by atoms with Gasteiger partial charge in [-0.3, -0.25) is 5.32 Å². The average Bonchev–Trinajstić information content (AvgIpc) is 2.45. The fourth-order valence-electron chi connectivity index (χ4n) is 2.95. The standard InChI is InChI=1S/C15H17F3N2/c16-15(17,18)11-20-14(10-19)9-5-4-8-13(14)12-6-2-1-3-7-12/h1-3,6-7,13,20H,4-5,8-9,11H2. The molecule has 1 aromatic rings. The second-order valence-electron chi connectivity index (χ2n) is 5.26. The third-order valence-corrected chi connectivity index (χ3v) is 3.91. The summed E-state index contributed by atoms with van der Waals surface area (Å²) in [5, 5.41) is 12.0. The van der Waals surface area contributed by atoms with Gasteiger partial charge in [0.25, 0.3) is 0 Å². The van der Waals surface area contributed by atoms with Crippen LogP contribution in [0.4, 0.5) is 13.2 Å². The Bertz CT molecular complexity index is 478. The second-order valence-corrected chi connectivity index (χ2v) is 5.26. The van der Waals surface area contributed by atoms with Crippen molar-refractivity contribution in [3.8, 4) is 6.07 Å². The maximum atomic E-state index is 12.5. The third-order valence-electron chi connectivity index (χ3n) is 3.91. The van der Waals surface area contributed by atoms with Crippen molar-refractivity contribution in [3.63, 3.8) is 0 Å². The Morgan fingerprint density at radius 1 is 1.25 bits per heavy atom. The summed E-state index contributed by atoms with van der Waals surface area (Å²) in [7, 11) is 0. The van der Waals surface area contributed by atoms with Gasteiger partial charge in [0.05, 0.1) is 12.6 Å². The normalized spacial score (nSPS) is 27.0. The molecule has 1 N–H and O–H groups in total. The summed E-state index contributed by atoms with van der Waals surface area (Å²) < 4.78 is 37.4. The van der Waals surface area contributed by atoms with Gasteiger partial charge in [0, 0.05) is 5.92 Å². The van der Waals surface area contributed by atoms with Gasteiger partial charge in [-0.2, -0.15) is 18.4 Å². The molecule has 1 aliphatic rings. The van der Waals surface area contributed by atoms with Gasteiger partial charge in [-0.25, -0.2) is 0 Å². The van der Waals surface area contributed by atoms with Crippen LogP contribution in [-0.2, 0) is 0 Å². The summed E-state index contributed by atoms with van der Waals surface area (Å²) in [6.45, 7) is -1.12. The molecule has 1 fully saturated rings. The summed E-state index contributed by atoms with van der Waals surface area (Å²) in [4.78, 5) is 0.